The summed E-state index contributed by atoms with van der Waals surface area (Å²) < 4.78 is 1.66. The zero-order valence-electron chi connectivity index (χ0n) is 7.13. The SMILES string of the molecule is c1ccc(O[n+]2ccccc2)cc1. The Morgan fingerprint density at radius 3 is 2.08 bits per heavy atom. The topological polar surface area (TPSA) is 13.1 Å². The molecule has 2 rings (SSSR count). The van der Waals surface area contributed by atoms with Gasteiger partial charge < -0.3 is 0 Å². The first kappa shape index (κ1) is 7.80. The van der Waals surface area contributed by atoms with Crippen LogP contribution in [0.3, 0.4) is 0 Å². The number of para-hydroxylation sites is 1. The molecule has 0 N–H and O–H groups in total. The standard InChI is InChI=1S/C11H10NO/c1-3-7-11(8-4-1)13-12-9-5-2-6-10-12/h1-10H/q+1. The molecule has 1 aromatic carbocycles. The number of rotatable bonds is 2. The number of pyridine rings is 1. The fraction of sp³-hybridized carbons (Fsp3) is 0. The van der Waals surface area contributed by atoms with Gasteiger partial charge in [0.1, 0.15) is 0 Å². The van der Waals surface area contributed by atoms with Crippen LogP contribution in [0.15, 0.2) is 60.9 Å². The van der Waals surface area contributed by atoms with E-state index in [2.05, 4.69) is 0 Å². The summed E-state index contributed by atoms with van der Waals surface area (Å²) in [5.41, 5.74) is 0. The summed E-state index contributed by atoms with van der Waals surface area (Å²) in [6, 6.07) is 15.5. The Morgan fingerprint density at radius 2 is 1.38 bits per heavy atom. The number of benzene rings is 1. The van der Waals surface area contributed by atoms with Crippen molar-refractivity contribution in [1.29, 1.82) is 0 Å². The number of aromatic nitrogens is 1. The Balaban J connectivity index is 2.16. The smallest absolute Gasteiger partial charge is 0.223 e. The van der Waals surface area contributed by atoms with E-state index in [0.717, 1.165) is 5.75 Å². The van der Waals surface area contributed by atoms with Crippen molar-refractivity contribution in [1.82, 2.24) is 0 Å². The number of nitrogens with zero attached hydrogens (tertiary/aromatic N) is 1. The summed E-state index contributed by atoms with van der Waals surface area (Å²) in [5, 5.41) is 0. The molecule has 0 spiro atoms. The van der Waals surface area contributed by atoms with Crippen molar-refractivity contribution >= 4 is 0 Å². The Hall–Kier alpha value is -1.83. The highest BCUT2D eigenvalue weighted by Gasteiger charge is 1.99. The molecule has 0 unspecified atom stereocenters. The number of hydrogen-bond donors (Lipinski definition) is 0. The fourth-order valence-electron chi connectivity index (χ4n) is 1.05. The van der Waals surface area contributed by atoms with E-state index in [9.17, 15) is 0 Å². The highest BCUT2D eigenvalue weighted by Crippen LogP contribution is 2.05. The molecule has 0 saturated carbocycles. The minimum atomic E-state index is 0.832. The summed E-state index contributed by atoms with van der Waals surface area (Å²) in [6.45, 7) is 0. The highest BCUT2D eigenvalue weighted by molar-refractivity contribution is 5.19. The van der Waals surface area contributed by atoms with Gasteiger partial charge in [-0.25, -0.2) is 4.84 Å². The van der Waals surface area contributed by atoms with E-state index < -0.39 is 0 Å². The van der Waals surface area contributed by atoms with Gasteiger partial charge in [-0.3, -0.25) is 0 Å². The molecule has 0 aliphatic carbocycles. The lowest BCUT2D eigenvalue weighted by Crippen LogP contribution is -2.38. The first-order valence-corrected chi connectivity index (χ1v) is 4.15. The average molecular weight is 172 g/mol. The summed E-state index contributed by atoms with van der Waals surface area (Å²) in [4.78, 5) is 5.50. The Labute approximate surface area is 77.0 Å². The van der Waals surface area contributed by atoms with Gasteiger partial charge in [0.25, 0.3) is 0 Å². The Bertz CT molecular complexity index is 321. The van der Waals surface area contributed by atoms with Crippen molar-refractivity contribution < 1.29 is 9.57 Å². The molecule has 2 heteroatoms. The molecular weight excluding hydrogens is 162 g/mol. The minimum Gasteiger partial charge on any atom is -0.232 e. The maximum atomic E-state index is 5.50. The zero-order chi connectivity index (χ0) is 8.93. The molecule has 0 fully saturated rings. The summed E-state index contributed by atoms with van der Waals surface area (Å²) >= 11 is 0. The minimum absolute atomic E-state index is 0.832. The predicted molar refractivity (Wildman–Crippen MR) is 49.1 cm³/mol. The molecule has 13 heavy (non-hydrogen) atoms. The van der Waals surface area contributed by atoms with Gasteiger partial charge in [-0.2, -0.15) is 0 Å². The summed E-state index contributed by atoms with van der Waals surface area (Å²) in [5.74, 6) is 0.832. The molecule has 64 valence electrons. The largest absolute Gasteiger partial charge is 0.232 e. The van der Waals surface area contributed by atoms with Crippen LogP contribution in [0.1, 0.15) is 0 Å². The second-order valence-corrected chi connectivity index (χ2v) is 2.64. The van der Waals surface area contributed by atoms with Crippen molar-refractivity contribution in [3.05, 3.63) is 60.9 Å². The third kappa shape index (κ3) is 2.06. The average Bonchev–Trinajstić information content (AvgIpc) is 2.21. The molecule has 0 aliphatic rings. The third-order valence-electron chi connectivity index (χ3n) is 1.64. The second-order valence-electron chi connectivity index (χ2n) is 2.64. The maximum Gasteiger partial charge on any atom is 0.223 e. The van der Waals surface area contributed by atoms with Crippen molar-refractivity contribution in [3.8, 4) is 5.75 Å². The molecule has 2 aromatic rings. The summed E-state index contributed by atoms with van der Waals surface area (Å²) in [7, 11) is 0. The van der Waals surface area contributed by atoms with Crippen LogP contribution >= 0.6 is 0 Å². The van der Waals surface area contributed by atoms with Gasteiger partial charge in [0, 0.05) is 16.9 Å². The highest BCUT2D eigenvalue weighted by atomic mass is 16.7. The lowest BCUT2D eigenvalue weighted by molar-refractivity contribution is -0.875. The van der Waals surface area contributed by atoms with E-state index in [4.69, 9.17) is 4.84 Å². The van der Waals surface area contributed by atoms with Crippen molar-refractivity contribution in [2.24, 2.45) is 0 Å². The van der Waals surface area contributed by atoms with E-state index >= 15 is 0 Å². The first-order chi connectivity index (χ1) is 6.45. The third-order valence-corrected chi connectivity index (χ3v) is 1.64. The fourth-order valence-corrected chi connectivity index (χ4v) is 1.05. The molecule has 0 saturated heterocycles. The molecule has 1 aromatic heterocycles. The van der Waals surface area contributed by atoms with Crippen LogP contribution in [0.4, 0.5) is 0 Å². The molecule has 0 bridgehead atoms. The van der Waals surface area contributed by atoms with Crippen LogP contribution in [0, 0.1) is 0 Å². The van der Waals surface area contributed by atoms with Crippen LogP contribution in [0.25, 0.3) is 0 Å². The van der Waals surface area contributed by atoms with Crippen LogP contribution in [0.2, 0.25) is 0 Å². The number of hydrogen-bond acceptors (Lipinski definition) is 1. The second kappa shape index (κ2) is 3.72. The lowest BCUT2D eigenvalue weighted by atomic mass is 10.3. The van der Waals surface area contributed by atoms with Gasteiger partial charge in [0.2, 0.25) is 18.1 Å². The molecule has 2 nitrogen and oxygen atoms in total. The quantitative estimate of drug-likeness (QED) is 0.630. The van der Waals surface area contributed by atoms with Crippen molar-refractivity contribution in [2.75, 3.05) is 0 Å². The van der Waals surface area contributed by atoms with Crippen LogP contribution in [-0.2, 0) is 0 Å². The molecule has 0 radical (unpaired) electrons. The van der Waals surface area contributed by atoms with Crippen molar-refractivity contribution in [2.45, 2.75) is 0 Å². The predicted octanol–water partition coefficient (Wildman–Crippen LogP) is 1.82. The van der Waals surface area contributed by atoms with Gasteiger partial charge in [0.05, 0.1) is 0 Å². The van der Waals surface area contributed by atoms with E-state index in [1.807, 2.05) is 60.9 Å². The lowest BCUT2D eigenvalue weighted by Gasteiger charge is -1.95. The summed E-state index contributed by atoms with van der Waals surface area (Å²) in [6.07, 6.45) is 3.71. The Morgan fingerprint density at radius 1 is 0.769 bits per heavy atom. The normalized spacial score (nSPS) is 9.54. The van der Waals surface area contributed by atoms with Crippen LogP contribution < -0.4 is 9.57 Å². The van der Waals surface area contributed by atoms with E-state index in [1.54, 1.807) is 4.73 Å². The molecule has 0 atom stereocenters. The van der Waals surface area contributed by atoms with Gasteiger partial charge in [-0.1, -0.05) is 24.3 Å². The van der Waals surface area contributed by atoms with Crippen molar-refractivity contribution in [3.63, 3.8) is 0 Å². The van der Waals surface area contributed by atoms with Crippen LogP contribution in [-0.4, -0.2) is 0 Å². The van der Waals surface area contributed by atoms with E-state index in [0.29, 0.717) is 0 Å². The molecule has 1 heterocycles. The van der Waals surface area contributed by atoms with Gasteiger partial charge in [-0.15, -0.1) is 0 Å². The first-order valence-electron chi connectivity index (χ1n) is 4.15. The van der Waals surface area contributed by atoms with E-state index in [1.165, 1.54) is 0 Å². The zero-order valence-corrected chi connectivity index (χ0v) is 7.13. The van der Waals surface area contributed by atoms with Crippen LogP contribution in [0.5, 0.6) is 5.75 Å². The Kier molecular flexibility index (Phi) is 2.23. The van der Waals surface area contributed by atoms with E-state index in [-0.39, 0.29) is 0 Å². The molecular formula is C11H10NO+. The van der Waals surface area contributed by atoms with Gasteiger partial charge in [-0.05, 0) is 12.1 Å². The van der Waals surface area contributed by atoms with Gasteiger partial charge in [0.15, 0.2) is 0 Å². The van der Waals surface area contributed by atoms with Gasteiger partial charge >= 0.3 is 0 Å². The maximum absolute atomic E-state index is 5.50. The molecule has 0 aliphatic heterocycles. The molecule has 0 amide bonds. The monoisotopic (exact) mass is 172 g/mol.